The molecule has 3 rings (SSSR count). The van der Waals surface area contributed by atoms with Gasteiger partial charge in [0.1, 0.15) is 0 Å². The van der Waals surface area contributed by atoms with Gasteiger partial charge >= 0.3 is 11.8 Å². The van der Waals surface area contributed by atoms with Gasteiger partial charge in [0.2, 0.25) is 0 Å². The van der Waals surface area contributed by atoms with E-state index in [0.717, 1.165) is 4.90 Å². The summed E-state index contributed by atoms with van der Waals surface area (Å²) in [6.07, 6.45) is 1.97. The molecule has 0 aliphatic carbocycles. The molecule has 7 heteroatoms. The fourth-order valence-electron chi connectivity index (χ4n) is 2.02. The van der Waals surface area contributed by atoms with Crippen LogP contribution in [0.3, 0.4) is 0 Å². The maximum absolute atomic E-state index is 12.0. The van der Waals surface area contributed by atoms with Crippen LogP contribution in [0.5, 0.6) is 0 Å². The Balaban J connectivity index is 1.73. The van der Waals surface area contributed by atoms with Crippen molar-refractivity contribution in [3.63, 3.8) is 0 Å². The Kier molecular flexibility index (Phi) is 3.88. The van der Waals surface area contributed by atoms with E-state index >= 15 is 0 Å². The minimum absolute atomic E-state index is 0.365. The fraction of sp³-hybridized carbons (Fsp3) is 0.0667. The van der Waals surface area contributed by atoms with Crippen molar-refractivity contribution in [2.24, 2.45) is 0 Å². The van der Waals surface area contributed by atoms with Crippen molar-refractivity contribution >= 4 is 40.3 Å². The van der Waals surface area contributed by atoms with Gasteiger partial charge in [0.15, 0.2) is 5.58 Å². The van der Waals surface area contributed by atoms with Crippen molar-refractivity contribution in [3.8, 4) is 0 Å². The third-order valence-corrected chi connectivity index (χ3v) is 3.73. The van der Waals surface area contributed by atoms with Crippen molar-refractivity contribution < 1.29 is 9.21 Å². The first-order valence-corrected chi connectivity index (χ1v) is 7.71. The number of hydrogen-bond donors (Lipinski definition) is 3. The number of rotatable bonds is 3. The molecular weight excluding hydrogens is 302 g/mol. The van der Waals surface area contributed by atoms with E-state index in [4.69, 9.17) is 4.42 Å². The molecule has 112 valence electrons. The lowest BCUT2D eigenvalue weighted by Crippen LogP contribution is -2.19. The summed E-state index contributed by atoms with van der Waals surface area (Å²) >= 11 is 1.60. The highest BCUT2D eigenvalue weighted by Gasteiger charge is 2.06. The minimum atomic E-state index is -0.523. The van der Waals surface area contributed by atoms with E-state index in [1.54, 1.807) is 30.0 Å². The van der Waals surface area contributed by atoms with Crippen molar-refractivity contribution in [1.29, 1.82) is 0 Å². The van der Waals surface area contributed by atoms with Gasteiger partial charge in [0.05, 0.1) is 5.52 Å². The summed E-state index contributed by atoms with van der Waals surface area (Å²) in [5.41, 5.74) is 2.23. The Morgan fingerprint density at radius 1 is 1.14 bits per heavy atom. The SMILES string of the molecule is CSc1cccc(NC(=O)Nc2ccc3[nH]c(=O)oc3c2)c1. The summed E-state index contributed by atoms with van der Waals surface area (Å²) in [5.74, 6) is -0.523. The molecular formula is C15H13N3O3S. The molecule has 0 atom stereocenters. The van der Waals surface area contributed by atoms with Crippen LogP contribution >= 0.6 is 11.8 Å². The van der Waals surface area contributed by atoms with Crippen LogP contribution in [0.2, 0.25) is 0 Å². The molecule has 0 spiro atoms. The van der Waals surface area contributed by atoms with Gasteiger partial charge in [0, 0.05) is 22.3 Å². The number of oxazole rings is 1. The molecule has 1 aromatic heterocycles. The average molecular weight is 315 g/mol. The Bertz CT molecular complexity index is 885. The monoisotopic (exact) mass is 315 g/mol. The van der Waals surface area contributed by atoms with Gasteiger partial charge < -0.3 is 15.1 Å². The molecule has 0 aliphatic heterocycles. The van der Waals surface area contributed by atoms with Gasteiger partial charge in [-0.3, -0.25) is 4.98 Å². The third-order valence-electron chi connectivity index (χ3n) is 3.01. The molecule has 6 nitrogen and oxygen atoms in total. The van der Waals surface area contributed by atoms with E-state index in [2.05, 4.69) is 15.6 Å². The molecule has 2 amide bonds. The molecule has 2 aromatic carbocycles. The van der Waals surface area contributed by atoms with Crippen molar-refractivity contribution in [2.45, 2.75) is 4.90 Å². The van der Waals surface area contributed by atoms with E-state index in [0.29, 0.717) is 22.5 Å². The largest absolute Gasteiger partial charge is 0.417 e. The lowest BCUT2D eigenvalue weighted by molar-refractivity contribution is 0.262. The molecule has 3 N–H and O–H groups in total. The van der Waals surface area contributed by atoms with Crippen molar-refractivity contribution in [1.82, 2.24) is 4.98 Å². The molecule has 0 unspecified atom stereocenters. The zero-order valence-corrected chi connectivity index (χ0v) is 12.5. The first kappa shape index (κ1) is 14.3. The van der Waals surface area contributed by atoms with E-state index in [1.807, 2.05) is 30.5 Å². The second-order valence-corrected chi connectivity index (χ2v) is 5.42. The zero-order chi connectivity index (χ0) is 15.5. The number of aromatic amines is 1. The molecule has 0 saturated carbocycles. The zero-order valence-electron chi connectivity index (χ0n) is 11.7. The Morgan fingerprint density at radius 3 is 2.68 bits per heavy atom. The molecule has 1 heterocycles. The van der Waals surface area contributed by atoms with Crippen LogP contribution < -0.4 is 16.4 Å². The number of carbonyl (C=O) groups excluding carboxylic acids is 1. The highest BCUT2D eigenvalue weighted by atomic mass is 32.2. The highest BCUT2D eigenvalue weighted by molar-refractivity contribution is 7.98. The molecule has 3 aromatic rings. The number of amides is 2. The number of fused-ring (bicyclic) bond motifs is 1. The smallest absolute Gasteiger partial charge is 0.408 e. The predicted molar refractivity (Wildman–Crippen MR) is 87.7 cm³/mol. The quantitative estimate of drug-likeness (QED) is 0.646. The number of aromatic nitrogens is 1. The number of urea groups is 1. The summed E-state index contributed by atoms with van der Waals surface area (Å²) in [4.78, 5) is 26.7. The number of nitrogens with one attached hydrogen (secondary N) is 3. The summed E-state index contributed by atoms with van der Waals surface area (Å²) in [5, 5.41) is 5.45. The number of benzene rings is 2. The highest BCUT2D eigenvalue weighted by Crippen LogP contribution is 2.20. The van der Waals surface area contributed by atoms with Crippen molar-refractivity contribution in [2.75, 3.05) is 16.9 Å². The van der Waals surface area contributed by atoms with Crippen LogP contribution in [-0.2, 0) is 0 Å². The second kappa shape index (κ2) is 5.98. The summed E-state index contributed by atoms with van der Waals surface area (Å²) < 4.78 is 4.95. The van der Waals surface area contributed by atoms with E-state index in [1.165, 1.54) is 0 Å². The predicted octanol–water partition coefficient (Wildman–Crippen LogP) is 3.49. The van der Waals surface area contributed by atoms with Gasteiger partial charge in [-0.25, -0.2) is 9.59 Å². The first-order valence-electron chi connectivity index (χ1n) is 6.49. The van der Waals surface area contributed by atoms with Crippen LogP contribution in [0.25, 0.3) is 11.1 Å². The van der Waals surface area contributed by atoms with E-state index in [9.17, 15) is 9.59 Å². The van der Waals surface area contributed by atoms with Crippen LogP contribution in [0.4, 0.5) is 16.2 Å². The number of anilines is 2. The van der Waals surface area contributed by atoms with Crippen LogP contribution in [0, 0.1) is 0 Å². The molecule has 0 aliphatic rings. The number of H-pyrrole nitrogens is 1. The summed E-state index contributed by atoms with van der Waals surface area (Å²) in [6, 6.07) is 12.1. The first-order chi connectivity index (χ1) is 10.6. The number of thioether (sulfide) groups is 1. The summed E-state index contributed by atoms with van der Waals surface area (Å²) in [7, 11) is 0. The Labute approximate surface area is 129 Å². The molecule has 0 bridgehead atoms. The maximum Gasteiger partial charge on any atom is 0.417 e. The fourth-order valence-corrected chi connectivity index (χ4v) is 2.48. The van der Waals surface area contributed by atoms with Gasteiger partial charge in [-0.15, -0.1) is 11.8 Å². The average Bonchev–Trinajstić information content (AvgIpc) is 2.86. The van der Waals surface area contributed by atoms with Crippen LogP contribution in [-0.4, -0.2) is 17.3 Å². The van der Waals surface area contributed by atoms with E-state index < -0.39 is 5.76 Å². The number of carbonyl (C=O) groups is 1. The molecule has 22 heavy (non-hydrogen) atoms. The lowest BCUT2D eigenvalue weighted by atomic mass is 10.3. The van der Waals surface area contributed by atoms with Crippen LogP contribution in [0.1, 0.15) is 0 Å². The molecule has 0 radical (unpaired) electrons. The topological polar surface area (TPSA) is 87.1 Å². The maximum atomic E-state index is 12.0. The van der Waals surface area contributed by atoms with E-state index in [-0.39, 0.29) is 6.03 Å². The standard InChI is InChI=1S/C15H13N3O3S/c1-22-11-4-2-3-9(7-11)16-14(19)17-10-5-6-12-13(8-10)21-15(20)18-12/h2-8H,1H3,(H,18,20)(H2,16,17,19). The van der Waals surface area contributed by atoms with Gasteiger partial charge in [-0.05, 0) is 36.6 Å². The lowest BCUT2D eigenvalue weighted by Gasteiger charge is -2.08. The van der Waals surface area contributed by atoms with Crippen LogP contribution in [0.15, 0.2) is 56.6 Å². The number of hydrogen-bond acceptors (Lipinski definition) is 4. The Hall–Kier alpha value is -2.67. The summed E-state index contributed by atoms with van der Waals surface area (Å²) in [6.45, 7) is 0. The van der Waals surface area contributed by atoms with Gasteiger partial charge in [-0.1, -0.05) is 6.07 Å². The minimum Gasteiger partial charge on any atom is -0.408 e. The third kappa shape index (κ3) is 3.15. The normalized spacial score (nSPS) is 10.6. The molecule has 0 saturated heterocycles. The second-order valence-electron chi connectivity index (χ2n) is 4.54. The van der Waals surface area contributed by atoms with Crippen molar-refractivity contribution in [3.05, 3.63) is 53.0 Å². The molecule has 0 fully saturated rings. The van der Waals surface area contributed by atoms with Gasteiger partial charge in [-0.2, -0.15) is 0 Å². The van der Waals surface area contributed by atoms with Gasteiger partial charge in [0.25, 0.3) is 0 Å². The Morgan fingerprint density at radius 2 is 1.91 bits per heavy atom.